The van der Waals surface area contributed by atoms with Gasteiger partial charge in [-0.05, 0) is 38.7 Å². The van der Waals surface area contributed by atoms with Gasteiger partial charge in [-0.15, -0.1) is 0 Å². The van der Waals surface area contributed by atoms with Crippen molar-refractivity contribution >= 4 is 0 Å². The minimum absolute atomic E-state index is 0. The van der Waals surface area contributed by atoms with Crippen molar-refractivity contribution in [2.75, 3.05) is 19.6 Å². The topological polar surface area (TPSA) is 30.0 Å². The molecule has 1 aromatic carbocycles. The predicted octanol–water partition coefficient (Wildman–Crippen LogP) is 7.35. The van der Waals surface area contributed by atoms with Crippen LogP contribution in [0, 0.1) is 0 Å². The number of hydrogen-bond donors (Lipinski definition) is 0. The molecule has 1 N–H and O–H groups in total. The highest BCUT2D eigenvalue weighted by Gasteiger charge is 2.24. The van der Waals surface area contributed by atoms with Gasteiger partial charge in [-0.3, -0.25) is 0 Å². The zero-order valence-corrected chi connectivity index (χ0v) is 18.8. The molecule has 0 spiro atoms. The number of nitrogens with zero attached hydrogens (tertiary/aromatic N) is 1. The lowest BCUT2D eigenvalue weighted by Crippen LogP contribution is -2.47. The van der Waals surface area contributed by atoms with Crippen LogP contribution in [-0.4, -0.2) is 29.6 Å². The molecule has 0 radical (unpaired) electrons. The summed E-state index contributed by atoms with van der Waals surface area (Å²) < 4.78 is 1.26. The molecule has 1 rings (SSSR count). The van der Waals surface area contributed by atoms with Crippen LogP contribution in [0.2, 0.25) is 0 Å². The molecule has 0 aliphatic heterocycles. The van der Waals surface area contributed by atoms with Gasteiger partial charge < -0.3 is 9.96 Å². The molecule has 0 atom stereocenters. The van der Waals surface area contributed by atoms with Gasteiger partial charge in [-0.25, -0.2) is 0 Å². The summed E-state index contributed by atoms with van der Waals surface area (Å²) in [5.74, 6) is 0. The third-order valence-corrected chi connectivity index (χ3v) is 6.33. The van der Waals surface area contributed by atoms with Gasteiger partial charge >= 0.3 is 0 Å². The molecule has 2 heteroatoms. The van der Waals surface area contributed by atoms with Crippen molar-refractivity contribution in [1.29, 1.82) is 0 Å². The summed E-state index contributed by atoms with van der Waals surface area (Å²) in [5.41, 5.74) is 3.12. The molecule has 0 aromatic heterocycles. The summed E-state index contributed by atoms with van der Waals surface area (Å²) in [5, 5.41) is 0. The first-order valence-electron chi connectivity index (χ1n) is 11.6. The Kier molecular flexibility index (Phi) is 15.6. The first kappa shape index (κ1) is 26.1. The normalized spacial score (nSPS) is 11.4. The highest BCUT2D eigenvalue weighted by atomic mass is 16.0. The molecule has 0 heterocycles. The van der Waals surface area contributed by atoms with Crippen LogP contribution < -0.4 is 0 Å². The van der Waals surface area contributed by atoms with Crippen LogP contribution in [0.3, 0.4) is 0 Å². The third-order valence-electron chi connectivity index (χ3n) is 6.33. The van der Waals surface area contributed by atoms with E-state index in [9.17, 15) is 0 Å². The summed E-state index contributed by atoms with van der Waals surface area (Å²) in [4.78, 5) is 0. The van der Waals surface area contributed by atoms with E-state index in [1.165, 1.54) is 94.9 Å². The summed E-state index contributed by atoms with van der Waals surface area (Å²) >= 11 is 0. The molecular weight excluding hydrogens is 330 g/mol. The Bertz CT molecular complexity index is 453. The SMILES string of the molecule is CCCCCCCCCCCC[N+](CC)(CC)Cc1ccccc1CC.[OH-]. The molecule has 0 bridgehead atoms. The lowest BCUT2D eigenvalue weighted by Gasteiger charge is -2.37. The van der Waals surface area contributed by atoms with Crippen molar-refractivity contribution in [2.45, 2.75) is 105 Å². The van der Waals surface area contributed by atoms with Gasteiger partial charge in [0, 0.05) is 5.56 Å². The fourth-order valence-electron chi connectivity index (χ4n) is 4.20. The van der Waals surface area contributed by atoms with Crippen molar-refractivity contribution in [1.82, 2.24) is 0 Å². The maximum atomic E-state index is 2.38. The number of unbranched alkanes of at least 4 members (excludes halogenated alkanes) is 9. The van der Waals surface area contributed by atoms with Gasteiger partial charge in [-0.2, -0.15) is 0 Å². The first-order chi connectivity index (χ1) is 12.7. The van der Waals surface area contributed by atoms with E-state index in [0.717, 1.165) is 6.42 Å². The monoisotopic (exact) mass is 377 g/mol. The highest BCUT2D eigenvalue weighted by Crippen LogP contribution is 2.20. The van der Waals surface area contributed by atoms with Gasteiger partial charge in [0.25, 0.3) is 0 Å². The molecule has 0 unspecified atom stereocenters. The summed E-state index contributed by atoms with van der Waals surface area (Å²) in [7, 11) is 0. The van der Waals surface area contributed by atoms with Crippen LogP contribution in [-0.2, 0) is 13.0 Å². The first-order valence-corrected chi connectivity index (χ1v) is 11.6. The van der Waals surface area contributed by atoms with Gasteiger partial charge in [0.05, 0.1) is 19.6 Å². The van der Waals surface area contributed by atoms with Crippen molar-refractivity contribution in [2.24, 2.45) is 0 Å². The summed E-state index contributed by atoms with van der Waals surface area (Å²) in [6.45, 7) is 14.4. The van der Waals surface area contributed by atoms with E-state index in [-0.39, 0.29) is 5.48 Å². The smallest absolute Gasteiger partial charge is 0.105 e. The lowest BCUT2D eigenvalue weighted by molar-refractivity contribution is -0.938. The number of rotatable bonds is 16. The second-order valence-electron chi connectivity index (χ2n) is 8.16. The molecule has 0 saturated carbocycles. The highest BCUT2D eigenvalue weighted by molar-refractivity contribution is 5.26. The average Bonchev–Trinajstić information content (AvgIpc) is 2.69. The van der Waals surface area contributed by atoms with Crippen molar-refractivity contribution in [3.8, 4) is 0 Å². The van der Waals surface area contributed by atoms with Gasteiger partial charge in [-0.1, -0.05) is 89.5 Å². The van der Waals surface area contributed by atoms with E-state index in [0.29, 0.717) is 0 Å². The van der Waals surface area contributed by atoms with Crippen molar-refractivity contribution in [3.63, 3.8) is 0 Å². The number of benzene rings is 1. The fourth-order valence-corrected chi connectivity index (χ4v) is 4.20. The quantitative estimate of drug-likeness (QED) is 0.219. The second kappa shape index (κ2) is 16.1. The third kappa shape index (κ3) is 10.3. The molecule has 0 aliphatic carbocycles. The van der Waals surface area contributed by atoms with Crippen LogP contribution in [0.15, 0.2) is 24.3 Å². The van der Waals surface area contributed by atoms with Gasteiger partial charge in [0.2, 0.25) is 0 Å². The molecule has 158 valence electrons. The number of aryl methyl sites for hydroxylation is 1. The van der Waals surface area contributed by atoms with E-state index in [2.05, 4.69) is 52.0 Å². The van der Waals surface area contributed by atoms with E-state index < -0.39 is 0 Å². The Hall–Kier alpha value is -0.860. The van der Waals surface area contributed by atoms with Crippen LogP contribution in [0.25, 0.3) is 0 Å². The summed E-state index contributed by atoms with van der Waals surface area (Å²) in [6, 6.07) is 9.08. The maximum absolute atomic E-state index is 2.38. The van der Waals surface area contributed by atoms with Gasteiger partial charge in [0.1, 0.15) is 6.54 Å². The number of hydrogen-bond acceptors (Lipinski definition) is 1. The Balaban J connectivity index is 0.00000676. The Morgan fingerprint density at radius 1 is 0.630 bits per heavy atom. The maximum Gasteiger partial charge on any atom is 0.105 e. The standard InChI is InChI=1S/C25H46N.H2O/c1-5-9-10-11-12-13-14-15-16-19-22-26(7-3,8-4)23-25-21-18-17-20-24(25)6-2;/h17-18,20-21H,5-16,19,22-23H2,1-4H3;1H2/q+1;/p-1. The van der Waals surface area contributed by atoms with Crippen molar-refractivity contribution in [3.05, 3.63) is 35.4 Å². The van der Waals surface area contributed by atoms with E-state index in [1.807, 2.05) is 0 Å². The predicted molar refractivity (Wildman–Crippen MR) is 120 cm³/mol. The van der Waals surface area contributed by atoms with E-state index in [1.54, 1.807) is 11.1 Å². The molecule has 27 heavy (non-hydrogen) atoms. The van der Waals surface area contributed by atoms with E-state index in [4.69, 9.17) is 0 Å². The fraction of sp³-hybridized carbons (Fsp3) is 0.760. The Morgan fingerprint density at radius 3 is 1.59 bits per heavy atom. The zero-order valence-electron chi connectivity index (χ0n) is 18.8. The molecule has 0 amide bonds. The lowest BCUT2D eigenvalue weighted by atomic mass is 10.0. The van der Waals surface area contributed by atoms with Crippen LogP contribution in [0.4, 0.5) is 0 Å². The Labute approximate surface area is 170 Å². The van der Waals surface area contributed by atoms with Crippen LogP contribution in [0.5, 0.6) is 0 Å². The zero-order chi connectivity index (χ0) is 19.1. The molecule has 1 aromatic rings. The van der Waals surface area contributed by atoms with E-state index >= 15 is 0 Å². The molecule has 0 saturated heterocycles. The average molecular weight is 378 g/mol. The second-order valence-corrected chi connectivity index (χ2v) is 8.16. The number of quaternary nitrogens is 1. The Morgan fingerprint density at radius 2 is 1.11 bits per heavy atom. The van der Waals surface area contributed by atoms with Gasteiger partial charge in [0.15, 0.2) is 0 Å². The molecule has 2 nitrogen and oxygen atoms in total. The molecule has 0 fully saturated rings. The minimum Gasteiger partial charge on any atom is -0.870 e. The van der Waals surface area contributed by atoms with Crippen LogP contribution >= 0.6 is 0 Å². The molecule has 0 aliphatic rings. The largest absolute Gasteiger partial charge is 0.870 e. The van der Waals surface area contributed by atoms with Crippen LogP contribution in [0.1, 0.15) is 103 Å². The molecular formula is C25H47NO. The summed E-state index contributed by atoms with van der Waals surface area (Å²) in [6.07, 6.45) is 15.5. The minimum atomic E-state index is 0. The van der Waals surface area contributed by atoms with Crippen molar-refractivity contribution < 1.29 is 9.96 Å².